The maximum Gasteiger partial charge on any atom is 0.323 e. The molecule has 15 heavy (non-hydrogen) atoms. The molecule has 7 nitrogen and oxygen atoms in total. The molecule has 1 unspecified atom stereocenters. The summed E-state index contributed by atoms with van der Waals surface area (Å²) in [5, 5.41) is 8.86. The molecule has 1 heterocycles. The molecule has 1 atom stereocenters. The Hall–Kier alpha value is -0.700. The van der Waals surface area contributed by atoms with Gasteiger partial charge in [-0.25, -0.2) is 0 Å². The molecule has 1 aliphatic heterocycles. The first-order valence-electron chi connectivity index (χ1n) is 4.36. The number of ether oxygens (including phenoxy) is 1. The summed E-state index contributed by atoms with van der Waals surface area (Å²) in [4.78, 5) is 10.8. The minimum absolute atomic E-state index is 0.0264. The Morgan fingerprint density at radius 1 is 1.60 bits per heavy atom. The van der Waals surface area contributed by atoms with Gasteiger partial charge in [-0.15, -0.1) is 0 Å². The molecule has 1 saturated heterocycles. The zero-order valence-electron chi connectivity index (χ0n) is 8.58. The van der Waals surface area contributed by atoms with E-state index in [2.05, 4.69) is 0 Å². The first-order valence-corrected chi connectivity index (χ1v) is 5.75. The number of likely N-dealkylation sites (N-methyl/N-ethyl adjacent to an activating group) is 1. The zero-order chi connectivity index (χ0) is 11.6. The molecular formula is C7H14N2O5S. The first kappa shape index (κ1) is 12.4. The van der Waals surface area contributed by atoms with Crippen molar-refractivity contribution < 1.29 is 23.1 Å². The van der Waals surface area contributed by atoms with Gasteiger partial charge in [-0.2, -0.15) is 17.0 Å². The predicted molar refractivity (Wildman–Crippen MR) is 51.6 cm³/mol. The van der Waals surface area contributed by atoms with Gasteiger partial charge in [0.15, 0.2) is 0 Å². The Labute approximate surface area is 88.4 Å². The number of carboxylic acid groups (broad SMARTS) is 1. The molecule has 0 aromatic carbocycles. The molecule has 0 aromatic rings. The molecule has 0 aromatic heterocycles. The van der Waals surface area contributed by atoms with Gasteiger partial charge < -0.3 is 9.84 Å². The summed E-state index contributed by atoms with van der Waals surface area (Å²) in [5.41, 5.74) is 0. The predicted octanol–water partition coefficient (Wildman–Crippen LogP) is -1.42. The van der Waals surface area contributed by atoms with Crippen LogP contribution in [0.5, 0.6) is 0 Å². The van der Waals surface area contributed by atoms with Crippen molar-refractivity contribution in [2.45, 2.75) is 6.04 Å². The molecule has 0 bridgehead atoms. The van der Waals surface area contributed by atoms with Crippen LogP contribution < -0.4 is 0 Å². The fourth-order valence-electron chi connectivity index (χ4n) is 1.42. The largest absolute Gasteiger partial charge is 0.480 e. The van der Waals surface area contributed by atoms with E-state index in [0.717, 1.165) is 8.61 Å². The normalized spacial score (nSPS) is 26.9. The molecule has 1 aliphatic rings. The SMILES string of the molecule is COCCN1C(C(=O)O)CN(C)S1(=O)=O. The van der Waals surface area contributed by atoms with Crippen LogP contribution in [0.1, 0.15) is 0 Å². The lowest BCUT2D eigenvalue weighted by atomic mass is 10.3. The van der Waals surface area contributed by atoms with E-state index in [0.29, 0.717) is 0 Å². The minimum Gasteiger partial charge on any atom is -0.480 e. The van der Waals surface area contributed by atoms with Gasteiger partial charge in [-0.05, 0) is 0 Å². The third-order valence-corrected chi connectivity index (χ3v) is 4.24. The van der Waals surface area contributed by atoms with E-state index < -0.39 is 22.2 Å². The van der Waals surface area contributed by atoms with Crippen molar-refractivity contribution in [3.63, 3.8) is 0 Å². The molecule has 1 fully saturated rings. The Morgan fingerprint density at radius 2 is 2.20 bits per heavy atom. The van der Waals surface area contributed by atoms with Crippen molar-refractivity contribution >= 4 is 16.2 Å². The van der Waals surface area contributed by atoms with Crippen molar-refractivity contribution in [2.24, 2.45) is 0 Å². The number of carbonyl (C=O) groups is 1. The number of hydrogen-bond donors (Lipinski definition) is 1. The average Bonchev–Trinajstić information content (AvgIpc) is 2.36. The fraction of sp³-hybridized carbons (Fsp3) is 0.857. The highest BCUT2D eigenvalue weighted by atomic mass is 32.2. The fourth-order valence-corrected chi connectivity index (χ4v) is 2.89. The van der Waals surface area contributed by atoms with Gasteiger partial charge in [0.1, 0.15) is 6.04 Å². The summed E-state index contributed by atoms with van der Waals surface area (Å²) < 4.78 is 30.0. The maximum absolute atomic E-state index is 11.6. The van der Waals surface area contributed by atoms with Gasteiger partial charge in [0.25, 0.3) is 10.2 Å². The summed E-state index contributed by atoms with van der Waals surface area (Å²) >= 11 is 0. The number of methoxy groups -OCH3 is 1. The molecule has 0 saturated carbocycles. The molecule has 88 valence electrons. The molecule has 1 rings (SSSR count). The van der Waals surface area contributed by atoms with Crippen molar-refractivity contribution in [3.05, 3.63) is 0 Å². The molecule has 0 aliphatic carbocycles. The number of rotatable bonds is 4. The summed E-state index contributed by atoms with van der Waals surface area (Å²) in [6.07, 6.45) is 0. The summed E-state index contributed by atoms with van der Waals surface area (Å²) in [7, 11) is -0.834. The Balaban J connectivity index is 2.88. The third-order valence-electron chi connectivity index (χ3n) is 2.27. The third kappa shape index (κ3) is 2.28. The van der Waals surface area contributed by atoms with E-state index >= 15 is 0 Å². The Bertz CT molecular complexity index is 341. The lowest BCUT2D eigenvalue weighted by Gasteiger charge is -2.18. The van der Waals surface area contributed by atoms with E-state index in [1.165, 1.54) is 14.2 Å². The quantitative estimate of drug-likeness (QED) is 0.649. The van der Waals surface area contributed by atoms with Crippen LogP contribution in [0.15, 0.2) is 0 Å². The smallest absolute Gasteiger partial charge is 0.323 e. The second-order valence-corrected chi connectivity index (χ2v) is 5.23. The van der Waals surface area contributed by atoms with Gasteiger partial charge in [0.05, 0.1) is 6.61 Å². The summed E-state index contributed by atoms with van der Waals surface area (Å²) in [6.45, 7) is 0.207. The van der Waals surface area contributed by atoms with Gasteiger partial charge in [0, 0.05) is 27.2 Å². The topological polar surface area (TPSA) is 87.2 Å². The van der Waals surface area contributed by atoms with E-state index in [-0.39, 0.29) is 19.7 Å². The monoisotopic (exact) mass is 238 g/mol. The molecule has 0 amide bonds. The van der Waals surface area contributed by atoms with Crippen molar-refractivity contribution in [1.82, 2.24) is 8.61 Å². The van der Waals surface area contributed by atoms with Gasteiger partial charge in [-0.1, -0.05) is 0 Å². The Kier molecular flexibility index (Phi) is 3.66. The molecule has 8 heteroatoms. The van der Waals surface area contributed by atoms with Crippen molar-refractivity contribution in [3.8, 4) is 0 Å². The van der Waals surface area contributed by atoms with Gasteiger partial charge >= 0.3 is 5.97 Å². The number of hydrogen-bond acceptors (Lipinski definition) is 4. The van der Waals surface area contributed by atoms with Gasteiger partial charge in [-0.3, -0.25) is 4.79 Å². The number of carboxylic acids is 1. The molecular weight excluding hydrogens is 224 g/mol. The van der Waals surface area contributed by atoms with E-state index in [1.807, 2.05) is 0 Å². The standard InChI is InChI=1S/C7H14N2O5S/c1-8-5-6(7(10)11)9(3-4-14-2)15(8,12)13/h6H,3-5H2,1-2H3,(H,10,11). The van der Waals surface area contributed by atoms with Crippen molar-refractivity contribution in [2.75, 3.05) is 33.9 Å². The highest BCUT2D eigenvalue weighted by Gasteiger charge is 2.45. The molecule has 0 spiro atoms. The van der Waals surface area contributed by atoms with Crippen LogP contribution in [0.25, 0.3) is 0 Å². The zero-order valence-corrected chi connectivity index (χ0v) is 9.40. The Morgan fingerprint density at radius 3 is 2.67 bits per heavy atom. The lowest BCUT2D eigenvalue weighted by molar-refractivity contribution is -0.141. The minimum atomic E-state index is -3.63. The van der Waals surface area contributed by atoms with Gasteiger partial charge in [0.2, 0.25) is 0 Å². The number of aliphatic carboxylic acids is 1. The van der Waals surface area contributed by atoms with Crippen LogP contribution >= 0.6 is 0 Å². The van der Waals surface area contributed by atoms with Crippen LogP contribution in [0.3, 0.4) is 0 Å². The van der Waals surface area contributed by atoms with Crippen LogP contribution in [0.2, 0.25) is 0 Å². The highest BCUT2D eigenvalue weighted by molar-refractivity contribution is 7.87. The lowest BCUT2D eigenvalue weighted by Crippen LogP contribution is -2.41. The molecule has 1 N–H and O–H groups in total. The second-order valence-electron chi connectivity index (χ2n) is 3.25. The van der Waals surface area contributed by atoms with Crippen LogP contribution in [-0.2, 0) is 19.7 Å². The molecule has 0 radical (unpaired) electrons. The maximum atomic E-state index is 11.6. The van der Waals surface area contributed by atoms with Crippen molar-refractivity contribution in [1.29, 1.82) is 0 Å². The van der Waals surface area contributed by atoms with E-state index in [4.69, 9.17) is 9.84 Å². The number of nitrogens with zero attached hydrogens (tertiary/aromatic N) is 2. The van der Waals surface area contributed by atoms with Crippen LogP contribution in [0.4, 0.5) is 0 Å². The highest BCUT2D eigenvalue weighted by Crippen LogP contribution is 2.20. The van der Waals surface area contributed by atoms with Crippen LogP contribution in [0, 0.1) is 0 Å². The summed E-state index contributed by atoms with van der Waals surface area (Å²) in [6, 6.07) is -1.02. The second kappa shape index (κ2) is 4.44. The van der Waals surface area contributed by atoms with Crippen LogP contribution in [-0.4, -0.2) is 68.0 Å². The van der Waals surface area contributed by atoms with E-state index in [9.17, 15) is 13.2 Å². The van der Waals surface area contributed by atoms with E-state index in [1.54, 1.807) is 0 Å². The summed E-state index contributed by atoms with van der Waals surface area (Å²) in [5.74, 6) is -1.14. The average molecular weight is 238 g/mol. The first-order chi connectivity index (χ1) is 6.91.